The minimum atomic E-state index is -5.14. The Hall–Kier alpha value is -1.79. The number of benzene rings is 2. The summed E-state index contributed by atoms with van der Waals surface area (Å²) in [6.07, 6.45) is 0. The fourth-order valence-corrected chi connectivity index (χ4v) is 2.92. The summed E-state index contributed by atoms with van der Waals surface area (Å²) in [5.41, 5.74) is -0.375. The number of alkyl halides is 2. The van der Waals surface area contributed by atoms with Crippen LogP contribution in [0.3, 0.4) is 0 Å². The van der Waals surface area contributed by atoms with Crippen LogP contribution in [0.5, 0.6) is 0 Å². The fraction of sp³-hybridized carbons (Fsp3) is 0.0714. The highest BCUT2D eigenvalue weighted by Gasteiger charge is 2.53. The van der Waals surface area contributed by atoms with Gasteiger partial charge in [-0.25, -0.2) is 8.42 Å². The first-order valence-electron chi connectivity index (χ1n) is 5.74. The number of ketones is 1. The highest BCUT2D eigenvalue weighted by molar-refractivity contribution is 7.93. The topological polar surface area (TPSA) is 51.2 Å². The first-order chi connectivity index (χ1) is 9.76. The van der Waals surface area contributed by atoms with Gasteiger partial charge in [-0.15, -0.1) is 0 Å². The molecule has 0 heterocycles. The van der Waals surface area contributed by atoms with E-state index in [4.69, 9.17) is 11.6 Å². The molecule has 0 unspecified atom stereocenters. The van der Waals surface area contributed by atoms with Gasteiger partial charge in [0.15, 0.2) is 0 Å². The molecule has 0 N–H and O–H groups in total. The van der Waals surface area contributed by atoms with Crippen molar-refractivity contribution in [3.63, 3.8) is 0 Å². The van der Waals surface area contributed by atoms with Gasteiger partial charge in [-0.05, 0) is 24.3 Å². The zero-order valence-corrected chi connectivity index (χ0v) is 12.0. The number of hydrogen-bond donors (Lipinski definition) is 0. The molecule has 0 saturated carbocycles. The van der Waals surface area contributed by atoms with Crippen LogP contribution in [-0.4, -0.2) is 19.5 Å². The smallest absolute Gasteiger partial charge is 0.286 e. The SMILES string of the molecule is O=C(c1ccccc1)C(F)(F)S(=O)(=O)c1ccc(Cl)cc1. The zero-order valence-electron chi connectivity index (χ0n) is 10.5. The van der Waals surface area contributed by atoms with E-state index in [9.17, 15) is 22.0 Å². The summed E-state index contributed by atoms with van der Waals surface area (Å²) < 4.78 is 52.1. The first-order valence-corrected chi connectivity index (χ1v) is 7.61. The summed E-state index contributed by atoms with van der Waals surface area (Å²) in [5.74, 6) is -1.77. The van der Waals surface area contributed by atoms with E-state index in [1.165, 1.54) is 18.2 Å². The Kier molecular flexibility index (Phi) is 4.11. The Labute approximate surface area is 125 Å². The van der Waals surface area contributed by atoms with Gasteiger partial charge in [0, 0.05) is 10.6 Å². The summed E-state index contributed by atoms with van der Waals surface area (Å²) in [5, 5.41) is -4.35. The highest BCUT2D eigenvalue weighted by atomic mass is 35.5. The highest BCUT2D eigenvalue weighted by Crippen LogP contribution is 2.32. The van der Waals surface area contributed by atoms with Crippen LogP contribution in [0.25, 0.3) is 0 Å². The Bertz CT molecular complexity index is 757. The van der Waals surface area contributed by atoms with E-state index in [0.717, 1.165) is 36.4 Å². The molecule has 110 valence electrons. The average molecular weight is 331 g/mol. The molecule has 3 nitrogen and oxygen atoms in total. The van der Waals surface area contributed by atoms with Gasteiger partial charge in [0.1, 0.15) is 0 Å². The second-order valence-corrected chi connectivity index (χ2v) is 6.60. The lowest BCUT2D eigenvalue weighted by molar-refractivity contribution is 0.0527. The lowest BCUT2D eigenvalue weighted by atomic mass is 10.1. The molecule has 7 heteroatoms. The Morgan fingerprint density at radius 2 is 1.48 bits per heavy atom. The number of Topliss-reactive ketones (excluding diaryl/α,β-unsaturated/α-hetero) is 1. The lowest BCUT2D eigenvalue weighted by Gasteiger charge is -2.16. The van der Waals surface area contributed by atoms with Crippen molar-refractivity contribution in [3.8, 4) is 0 Å². The third-order valence-corrected chi connectivity index (χ3v) is 4.77. The number of carbonyl (C=O) groups excluding carboxylic acids is 1. The molecule has 0 aliphatic rings. The molecule has 0 spiro atoms. The summed E-state index contributed by atoms with van der Waals surface area (Å²) in [4.78, 5) is 11.1. The summed E-state index contributed by atoms with van der Waals surface area (Å²) in [6, 6.07) is 10.7. The largest absolute Gasteiger partial charge is 0.411 e. The van der Waals surface area contributed by atoms with Gasteiger partial charge in [-0.3, -0.25) is 4.79 Å². The van der Waals surface area contributed by atoms with E-state index in [-0.39, 0.29) is 10.6 Å². The minimum Gasteiger partial charge on any atom is -0.286 e. The number of halogens is 3. The molecule has 0 aliphatic carbocycles. The van der Waals surface area contributed by atoms with Gasteiger partial charge >= 0.3 is 5.25 Å². The van der Waals surface area contributed by atoms with Crippen molar-refractivity contribution in [2.75, 3.05) is 0 Å². The quantitative estimate of drug-likeness (QED) is 0.805. The fourth-order valence-electron chi connectivity index (χ4n) is 1.64. The monoisotopic (exact) mass is 330 g/mol. The zero-order chi connectivity index (χ0) is 15.7. The van der Waals surface area contributed by atoms with Gasteiger partial charge in [-0.1, -0.05) is 41.9 Å². The van der Waals surface area contributed by atoms with Crippen LogP contribution in [0, 0.1) is 0 Å². The van der Waals surface area contributed by atoms with Gasteiger partial charge in [0.05, 0.1) is 4.90 Å². The number of carbonyl (C=O) groups is 1. The number of rotatable bonds is 4. The van der Waals surface area contributed by atoms with Crippen LogP contribution in [0.15, 0.2) is 59.5 Å². The second-order valence-electron chi connectivity index (χ2n) is 4.17. The normalized spacial score (nSPS) is 12.1. The van der Waals surface area contributed by atoms with Crippen molar-refractivity contribution in [2.24, 2.45) is 0 Å². The number of hydrogen-bond acceptors (Lipinski definition) is 3. The molecule has 0 aliphatic heterocycles. The third-order valence-electron chi connectivity index (χ3n) is 2.76. The van der Waals surface area contributed by atoms with E-state index in [1.54, 1.807) is 0 Å². The minimum absolute atomic E-state index is 0.201. The van der Waals surface area contributed by atoms with Crippen LogP contribution in [0.4, 0.5) is 8.78 Å². The summed E-state index contributed by atoms with van der Waals surface area (Å²) in [6.45, 7) is 0. The van der Waals surface area contributed by atoms with Gasteiger partial charge in [-0.2, -0.15) is 8.78 Å². The molecule has 21 heavy (non-hydrogen) atoms. The van der Waals surface area contributed by atoms with Crippen LogP contribution >= 0.6 is 11.6 Å². The van der Waals surface area contributed by atoms with Crippen molar-refractivity contribution in [2.45, 2.75) is 10.2 Å². The predicted molar refractivity (Wildman–Crippen MR) is 74.4 cm³/mol. The molecule has 0 amide bonds. The van der Waals surface area contributed by atoms with E-state index < -0.39 is 25.8 Å². The predicted octanol–water partition coefficient (Wildman–Crippen LogP) is 3.59. The third kappa shape index (κ3) is 2.82. The van der Waals surface area contributed by atoms with Gasteiger partial charge in [0.25, 0.3) is 9.84 Å². The maximum atomic E-state index is 14.1. The molecule has 0 saturated heterocycles. The second kappa shape index (κ2) is 5.54. The molecular weight excluding hydrogens is 322 g/mol. The van der Waals surface area contributed by atoms with Crippen molar-refractivity contribution in [1.82, 2.24) is 0 Å². The first kappa shape index (κ1) is 15.6. The van der Waals surface area contributed by atoms with Gasteiger partial charge in [0.2, 0.25) is 5.78 Å². The Balaban J connectivity index is 2.47. The molecule has 0 aromatic heterocycles. The van der Waals surface area contributed by atoms with E-state index >= 15 is 0 Å². The van der Waals surface area contributed by atoms with Crippen molar-refractivity contribution in [1.29, 1.82) is 0 Å². The summed E-state index contributed by atoms with van der Waals surface area (Å²) >= 11 is 5.59. The Morgan fingerprint density at radius 3 is 2.00 bits per heavy atom. The molecule has 0 radical (unpaired) electrons. The molecule has 2 aromatic carbocycles. The van der Waals surface area contributed by atoms with Crippen LogP contribution in [0.2, 0.25) is 5.02 Å². The average Bonchev–Trinajstić information content (AvgIpc) is 2.47. The lowest BCUT2D eigenvalue weighted by Crippen LogP contribution is -2.38. The van der Waals surface area contributed by atoms with Gasteiger partial charge < -0.3 is 0 Å². The maximum Gasteiger partial charge on any atom is 0.411 e. The van der Waals surface area contributed by atoms with Crippen molar-refractivity contribution < 1.29 is 22.0 Å². The molecule has 0 fully saturated rings. The van der Waals surface area contributed by atoms with Crippen LogP contribution in [0.1, 0.15) is 10.4 Å². The van der Waals surface area contributed by atoms with E-state index in [1.807, 2.05) is 0 Å². The summed E-state index contributed by atoms with van der Waals surface area (Å²) in [7, 11) is -5.14. The molecular formula is C14H9ClF2O3S. The van der Waals surface area contributed by atoms with Crippen molar-refractivity contribution >= 4 is 27.2 Å². The van der Waals surface area contributed by atoms with E-state index in [2.05, 4.69) is 0 Å². The van der Waals surface area contributed by atoms with Crippen LogP contribution < -0.4 is 0 Å². The van der Waals surface area contributed by atoms with E-state index in [0.29, 0.717) is 0 Å². The molecule has 0 atom stereocenters. The standard InChI is InChI=1S/C14H9ClF2O3S/c15-11-6-8-12(9-7-11)21(19,20)14(16,17)13(18)10-4-2-1-3-5-10/h1-9H. The molecule has 2 aromatic rings. The molecule has 0 bridgehead atoms. The Morgan fingerprint density at radius 1 is 0.952 bits per heavy atom. The van der Waals surface area contributed by atoms with Crippen LogP contribution in [-0.2, 0) is 9.84 Å². The van der Waals surface area contributed by atoms with Crippen molar-refractivity contribution in [3.05, 3.63) is 65.2 Å². The maximum absolute atomic E-state index is 14.1. The number of sulfone groups is 1. The molecule has 2 rings (SSSR count).